The molecule has 0 saturated heterocycles. The molecular formula is C19H18F2N4O3S2. The van der Waals surface area contributed by atoms with E-state index in [0.29, 0.717) is 9.31 Å². The number of amides is 1. The van der Waals surface area contributed by atoms with Crippen LogP contribution in [0.5, 0.6) is 0 Å². The second-order valence-electron chi connectivity index (χ2n) is 6.60. The summed E-state index contributed by atoms with van der Waals surface area (Å²) in [6.07, 6.45) is 0.873. The number of carbonyl (C=O) groups excluding carboxylic acids is 1. The van der Waals surface area contributed by atoms with Crippen LogP contribution in [-0.2, 0) is 14.8 Å². The van der Waals surface area contributed by atoms with Gasteiger partial charge in [-0.25, -0.2) is 17.2 Å². The quantitative estimate of drug-likeness (QED) is 0.617. The summed E-state index contributed by atoms with van der Waals surface area (Å²) in [5.74, 6) is -3.04. The van der Waals surface area contributed by atoms with Crippen molar-refractivity contribution in [2.24, 2.45) is 0 Å². The van der Waals surface area contributed by atoms with Crippen molar-refractivity contribution in [3.05, 3.63) is 59.7 Å². The van der Waals surface area contributed by atoms with Gasteiger partial charge in [-0.15, -0.1) is 10.2 Å². The molecular weight excluding hydrogens is 434 g/mol. The van der Waals surface area contributed by atoms with Gasteiger partial charge in [-0.05, 0) is 26.0 Å². The molecule has 1 atom stereocenters. The van der Waals surface area contributed by atoms with Gasteiger partial charge in [0.15, 0.2) is 11.6 Å². The Morgan fingerprint density at radius 1 is 1.10 bits per heavy atom. The number of sulfonamides is 1. The zero-order valence-corrected chi connectivity index (χ0v) is 17.9. The summed E-state index contributed by atoms with van der Waals surface area (Å²) < 4.78 is 52.1. The van der Waals surface area contributed by atoms with Gasteiger partial charge in [-0.1, -0.05) is 41.2 Å². The van der Waals surface area contributed by atoms with E-state index in [0.717, 1.165) is 46.9 Å². The minimum absolute atomic E-state index is 0.170. The Labute approximate surface area is 176 Å². The molecule has 0 aliphatic heterocycles. The van der Waals surface area contributed by atoms with Crippen LogP contribution in [0.3, 0.4) is 0 Å². The largest absolute Gasteiger partial charge is 0.299 e. The van der Waals surface area contributed by atoms with Crippen LogP contribution < -0.4 is 9.62 Å². The van der Waals surface area contributed by atoms with Crippen molar-refractivity contribution < 1.29 is 22.0 Å². The first kappa shape index (κ1) is 21.8. The van der Waals surface area contributed by atoms with Crippen molar-refractivity contribution in [3.8, 4) is 10.6 Å². The lowest BCUT2D eigenvalue weighted by Crippen LogP contribution is -2.45. The van der Waals surface area contributed by atoms with Crippen LogP contribution in [0.2, 0.25) is 0 Å². The van der Waals surface area contributed by atoms with Gasteiger partial charge in [0, 0.05) is 11.6 Å². The Bertz CT molecular complexity index is 1180. The monoisotopic (exact) mass is 452 g/mol. The van der Waals surface area contributed by atoms with Gasteiger partial charge in [-0.2, -0.15) is 0 Å². The topological polar surface area (TPSA) is 92.3 Å². The summed E-state index contributed by atoms with van der Waals surface area (Å²) in [6.45, 7) is 3.29. The highest BCUT2D eigenvalue weighted by atomic mass is 32.2. The summed E-state index contributed by atoms with van der Waals surface area (Å²) >= 11 is 1.13. The third-order valence-electron chi connectivity index (χ3n) is 4.20. The minimum Gasteiger partial charge on any atom is -0.299 e. The van der Waals surface area contributed by atoms with Crippen molar-refractivity contribution in [3.63, 3.8) is 0 Å². The summed E-state index contributed by atoms with van der Waals surface area (Å²) in [5.41, 5.74) is 1.74. The molecule has 1 aromatic heterocycles. The molecule has 0 aliphatic rings. The maximum absolute atomic E-state index is 13.6. The van der Waals surface area contributed by atoms with Crippen molar-refractivity contribution in [1.82, 2.24) is 10.2 Å². The number of hydrogen-bond donors (Lipinski definition) is 1. The summed E-state index contributed by atoms with van der Waals surface area (Å²) in [5, 5.41) is 11.2. The first-order valence-corrected chi connectivity index (χ1v) is 11.4. The van der Waals surface area contributed by atoms with E-state index in [9.17, 15) is 22.0 Å². The van der Waals surface area contributed by atoms with Crippen LogP contribution in [0.25, 0.3) is 10.6 Å². The molecule has 1 amide bonds. The van der Waals surface area contributed by atoms with E-state index in [1.54, 1.807) is 0 Å². The predicted octanol–water partition coefficient (Wildman–Crippen LogP) is 3.58. The number of aromatic nitrogens is 2. The standard InChI is InChI=1S/C19H18F2N4O3S2/c1-11-4-6-13(7-5-11)18-23-24-19(29-18)22-17(26)12(2)25(30(3,27)28)14-8-9-15(20)16(21)10-14/h4-10,12H,1-3H3,(H,22,24,26)/t12-/m0/s1. The molecule has 0 aliphatic carbocycles. The molecule has 0 spiro atoms. The predicted molar refractivity (Wildman–Crippen MR) is 112 cm³/mol. The summed E-state index contributed by atoms with van der Waals surface area (Å²) in [4.78, 5) is 12.7. The highest BCUT2D eigenvalue weighted by molar-refractivity contribution is 7.92. The second-order valence-corrected chi connectivity index (χ2v) is 9.44. The molecule has 30 heavy (non-hydrogen) atoms. The molecule has 158 valence electrons. The average Bonchev–Trinajstić information content (AvgIpc) is 3.12. The molecule has 0 unspecified atom stereocenters. The van der Waals surface area contributed by atoms with Crippen molar-refractivity contribution in [2.75, 3.05) is 15.9 Å². The zero-order chi connectivity index (χ0) is 22.1. The molecule has 0 saturated carbocycles. The number of anilines is 2. The van der Waals surface area contributed by atoms with E-state index in [2.05, 4.69) is 15.5 Å². The fourth-order valence-corrected chi connectivity index (χ4v) is 4.65. The fourth-order valence-electron chi connectivity index (χ4n) is 2.73. The molecule has 3 rings (SSSR count). The number of carbonyl (C=O) groups is 1. The van der Waals surface area contributed by atoms with E-state index in [1.807, 2.05) is 31.2 Å². The Morgan fingerprint density at radius 3 is 2.37 bits per heavy atom. The summed E-state index contributed by atoms with van der Waals surface area (Å²) in [7, 11) is -3.98. The fraction of sp³-hybridized carbons (Fsp3) is 0.211. The molecule has 11 heteroatoms. The van der Waals surface area contributed by atoms with Crippen LogP contribution in [-0.4, -0.2) is 36.8 Å². The minimum atomic E-state index is -3.98. The SMILES string of the molecule is Cc1ccc(-c2nnc(NC(=O)[C@H](C)N(c3ccc(F)c(F)c3)S(C)(=O)=O)s2)cc1. The average molecular weight is 453 g/mol. The Morgan fingerprint density at radius 2 is 1.77 bits per heavy atom. The van der Waals surface area contributed by atoms with Gasteiger partial charge >= 0.3 is 0 Å². The van der Waals surface area contributed by atoms with Crippen LogP contribution in [0.4, 0.5) is 19.6 Å². The van der Waals surface area contributed by atoms with Crippen molar-refractivity contribution >= 4 is 38.1 Å². The number of halogens is 2. The Balaban J connectivity index is 1.82. The van der Waals surface area contributed by atoms with E-state index < -0.39 is 33.6 Å². The van der Waals surface area contributed by atoms with E-state index in [1.165, 1.54) is 6.92 Å². The molecule has 0 fully saturated rings. The lowest BCUT2D eigenvalue weighted by molar-refractivity contribution is -0.116. The van der Waals surface area contributed by atoms with Gasteiger partial charge in [0.05, 0.1) is 11.9 Å². The third kappa shape index (κ3) is 4.79. The van der Waals surface area contributed by atoms with Gasteiger partial charge in [0.2, 0.25) is 21.1 Å². The first-order chi connectivity index (χ1) is 14.1. The maximum Gasteiger partial charge on any atom is 0.249 e. The molecule has 3 aromatic rings. The van der Waals surface area contributed by atoms with Crippen LogP contribution in [0, 0.1) is 18.6 Å². The molecule has 0 radical (unpaired) electrons. The van der Waals surface area contributed by atoms with E-state index in [4.69, 9.17) is 0 Å². The zero-order valence-electron chi connectivity index (χ0n) is 16.3. The van der Waals surface area contributed by atoms with Crippen molar-refractivity contribution in [1.29, 1.82) is 0 Å². The van der Waals surface area contributed by atoms with Gasteiger partial charge in [0.25, 0.3) is 0 Å². The third-order valence-corrected chi connectivity index (χ3v) is 6.33. The second kappa shape index (κ2) is 8.44. The lowest BCUT2D eigenvalue weighted by Gasteiger charge is -2.27. The van der Waals surface area contributed by atoms with Gasteiger partial charge < -0.3 is 0 Å². The number of benzene rings is 2. The van der Waals surface area contributed by atoms with Gasteiger partial charge in [-0.3, -0.25) is 14.4 Å². The number of rotatable bonds is 6. The van der Waals surface area contributed by atoms with E-state index >= 15 is 0 Å². The number of nitrogens with one attached hydrogen (secondary N) is 1. The number of hydrogen-bond acceptors (Lipinski definition) is 6. The molecule has 7 nitrogen and oxygen atoms in total. The van der Waals surface area contributed by atoms with Crippen LogP contribution in [0.15, 0.2) is 42.5 Å². The normalized spacial score (nSPS) is 12.4. The highest BCUT2D eigenvalue weighted by Gasteiger charge is 2.30. The van der Waals surface area contributed by atoms with Crippen LogP contribution >= 0.6 is 11.3 Å². The Kier molecular flexibility index (Phi) is 6.13. The Hall–Kier alpha value is -2.92. The summed E-state index contributed by atoms with van der Waals surface area (Å²) in [6, 6.07) is 8.94. The first-order valence-electron chi connectivity index (χ1n) is 8.72. The smallest absolute Gasteiger partial charge is 0.249 e. The number of aryl methyl sites for hydroxylation is 1. The molecule has 1 heterocycles. The molecule has 0 bridgehead atoms. The van der Waals surface area contributed by atoms with Crippen molar-refractivity contribution in [2.45, 2.75) is 19.9 Å². The van der Waals surface area contributed by atoms with E-state index in [-0.39, 0.29) is 10.8 Å². The maximum atomic E-state index is 13.6. The number of nitrogens with zero attached hydrogens (tertiary/aromatic N) is 3. The molecule has 1 N–H and O–H groups in total. The van der Waals surface area contributed by atoms with Gasteiger partial charge in [0.1, 0.15) is 11.0 Å². The molecule has 2 aromatic carbocycles. The highest BCUT2D eigenvalue weighted by Crippen LogP contribution is 2.28. The lowest BCUT2D eigenvalue weighted by atomic mass is 10.2. The van der Waals surface area contributed by atoms with Crippen LogP contribution in [0.1, 0.15) is 12.5 Å².